The van der Waals surface area contributed by atoms with Gasteiger partial charge in [-0.05, 0) is 27.7 Å². The molecular formula is C20H26N4O2S. The largest absolute Gasteiger partial charge is 0.383 e. The van der Waals surface area contributed by atoms with E-state index in [0.717, 1.165) is 27.7 Å². The van der Waals surface area contributed by atoms with Crippen LogP contribution in [-0.2, 0) is 4.74 Å². The molecule has 3 aromatic rings. The molecule has 0 bridgehead atoms. The smallest absolute Gasteiger partial charge is 0.263 e. The summed E-state index contributed by atoms with van der Waals surface area (Å²) in [5.74, 6) is 0.834. The molecule has 0 aliphatic carbocycles. The third kappa shape index (κ3) is 3.99. The highest BCUT2D eigenvalue weighted by molar-refractivity contribution is 7.19. The van der Waals surface area contributed by atoms with Crippen molar-refractivity contribution in [1.29, 1.82) is 0 Å². The zero-order chi connectivity index (χ0) is 19.6. The summed E-state index contributed by atoms with van der Waals surface area (Å²) in [6, 6.07) is 8.40. The third-order valence-corrected chi connectivity index (χ3v) is 5.40. The van der Waals surface area contributed by atoms with Crippen LogP contribution in [0.3, 0.4) is 0 Å². The maximum Gasteiger partial charge on any atom is 0.263 e. The fourth-order valence-electron chi connectivity index (χ4n) is 2.93. The molecule has 3 rings (SSSR count). The number of thiazole rings is 1. The number of nitrogens with zero attached hydrogens (tertiary/aromatic N) is 2. The van der Waals surface area contributed by atoms with E-state index in [-0.39, 0.29) is 11.9 Å². The van der Waals surface area contributed by atoms with Crippen LogP contribution in [0.2, 0.25) is 0 Å². The Labute approximate surface area is 163 Å². The molecule has 0 unspecified atom stereocenters. The molecule has 2 heterocycles. The minimum absolute atomic E-state index is 0.0577. The van der Waals surface area contributed by atoms with Crippen LogP contribution in [0.25, 0.3) is 16.2 Å². The lowest BCUT2D eigenvalue weighted by molar-refractivity contribution is 0.0946. The Morgan fingerprint density at radius 2 is 1.96 bits per heavy atom. The van der Waals surface area contributed by atoms with Gasteiger partial charge in [-0.2, -0.15) is 0 Å². The van der Waals surface area contributed by atoms with E-state index in [2.05, 4.69) is 41.8 Å². The lowest BCUT2D eigenvalue weighted by Gasteiger charge is -2.10. The van der Waals surface area contributed by atoms with E-state index in [1.807, 2.05) is 25.2 Å². The van der Waals surface area contributed by atoms with Gasteiger partial charge in [-0.3, -0.25) is 9.20 Å². The van der Waals surface area contributed by atoms with Gasteiger partial charge in [0.25, 0.3) is 5.91 Å². The van der Waals surface area contributed by atoms with Gasteiger partial charge in [0.2, 0.25) is 0 Å². The quantitative estimate of drug-likeness (QED) is 0.605. The number of hydrogen-bond acceptors (Lipinski definition) is 5. The molecule has 0 aliphatic rings. The molecular weight excluding hydrogens is 360 g/mol. The summed E-state index contributed by atoms with van der Waals surface area (Å²) in [5, 5.41) is 6.40. The Morgan fingerprint density at radius 3 is 2.59 bits per heavy atom. The van der Waals surface area contributed by atoms with Gasteiger partial charge in [0.15, 0.2) is 4.96 Å². The van der Waals surface area contributed by atoms with Gasteiger partial charge in [-0.25, -0.2) is 4.98 Å². The molecule has 144 valence electrons. The van der Waals surface area contributed by atoms with E-state index < -0.39 is 0 Å². The molecule has 7 heteroatoms. The van der Waals surface area contributed by atoms with E-state index in [1.165, 1.54) is 16.9 Å². The summed E-state index contributed by atoms with van der Waals surface area (Å²) >= 11 is 1.41. The Balaban J connectivity index is 2.09. The second kappa shape index (κ2) is 8.10. The highest BCUT2D eigenvalue weighted by atomic mass is 32.1. The van der Waals surface area contributed by atoms with Crippen LogP contribution >= 0.6 is 11.3 Å². The number of hydrogen-bond donors (Lipinski definition) is 2. The van der Waals surface area contributed by atoms with Crippen LogP contribution in [0.15, 0.2) is 24.3 Å². The predicted octanol–water partition coefficient (Wildman–Crippen LogP) is 3.88. The van der Waals surface area contributed by atoms with E-state index in [0.29, 0.717) is 18.0 Å². The van der Waals surface area contributed by atoms with Gasteiger partial charge in [0.1, 0.15) is 16.4 Å². The molecule has 0 saturated heterocycles. The highest BCUT2D eigenvalue weighted by Crippen LogP contribution is 2.34. The normalized spacial score (nSPS) is 11.3. The highest BCUT2D eigenvalue weighted by Gasteiger charge is 2.23. The standard InChI is InChI=1S/C20H26N4O2S/c1-12(2)22-19(25)17-14(4)24-18(21-10-11-26-5)16(23-20(24)27-17)15-8-6-13(3)7-9-15/h6-9,12,21H,10-11H2,1-5H3,(H,22,25). The summed E-state index contributed by atoms with van der Waals surface area (Å²) in [4.78, 5) is 18.9. The van der Waals surface area contributed by atoms with Crippen LogP contribution in [0.4, 0.5) is 5.82 Å². The van der Waals surface area contributed by atoms with Crippen molar-refractivity contribution in [1.82, 2.24) is 14.7 Å². The van der Waals surface area contributed by atoms with Gasteiger partial charge in [-0.1, -0.05) is 41.2 Å². The Kier molecular flexibility index (Phi) is 5.82. The molecule has 0 radical (unpaired) electrons. The number of fused-ring (bicyclic) bond motifs is 1. The average Bonchev–Trinajstić information content (AvgIpc) is 3.13. The van der Waals surface area contributed by atoms with Crippen LogP contribution in [0.5, 0.6) is 0 Å². The van der Waals surface area contributed by atoms with Crippen molar-refractivity contribution in [2.24, 2.45) is 0 Å². The fourth-order valence-corrected chi connectivity index (χ4v) is 3.96. The van der Waals surface area contributed by atoms with Gasteiger partial charge < -0.3 is 15.4 Å². The first-order chi connectivity index (χ1) is 12.9. The molecule has 0 aliphatic heterocycles. The van der Waals surface area contributed by atoms with Crippen molar-refractivity contribution in [3.63, 3.8) is 0 Å². The second-order valence-electron chi connectivity index (χ2n) is 6.86. The number of aryl methyl sites for hydroxylation is 2. The first kappa shape index (κ1) is 19.4. The number of nitrogens with one attached hydrogen (secondary N) is 2. The number of anilines is 1. The van der Waals surface area contributed by atoms with Gasteiger partial charge in [0.05, 0.1) is 6.61 Å². The van der Waals surface area contributed by atoms with E-state index in [4.69, 9.17) is 9.72 Å². The summed E-state index contributed by atoms with van der Waals surface area (Å²) in [5.41, 5.74) is 4.02. The average molecular weight is 387 g/mol. The van der Waals surface area contributed by atoms with Crippen molar-refractivity contribution < 1.29 is 9.53 Å². The molecule has 27 heavy (non-hydrogen) atoms. The van der Waals surface area contributed by atoms with Crippen molar-refractivity contribution in [3.05, 3.63) is 40.4 Å². The second-order valence-corrected chi connectivity index (χ2v) is 7.83. The molecule has 2 N–H and O–H groups in total. The molecule has 6 nitrogen and oxygen atoms in total. The van der Waals surface area contributed by atoms with E-state index in [9.17, 15) is 4.79 Å². The minimum Gasteiger partial charge on any atom is -0.383 e. The molecule has 0 atom stereocenters. The zero-order valence-electron chi connectivity index (χ0n) is 16.4. The summed E-state index contributed by atoms with van der Waals surface area (Å²) < 4.78 is 7.21. The first-order valence-electron chi connectivity index (χ1n) is 9.05. The minimum atomic E-state index is -0.0577. The van der Waals surface area contributed by atoms with Crippen molar-refractivity contribution >= 4 is 28.0 Å². The number of benzene rings is 1. The number of rotatable bonds is 7. The summed E-state index contributed by atoms with van der Waals surface area (Å²) in [6.07, 6.45) is 0. The van der Waals surface area contributed by atoms with Crippen molar-refractivity contribution in [3.8, 4) is 11.3 Å². The molecule has 0 spiro atoms. The number of methoxy groups -OCH3 is 1. The van der Waals surface area contributed by atoms with Crippen molar-refractivity contribution in [2.45, 2.75) is 33.7 Å². The topological polar surface area (TPSA) is 67.7 Å². The fraction of sp³-hybridized carbons (Fsp3) is 0.400. The number of aromatic nitrogens is 2. The number of carbonyl (C=O) groups is 1. The number of ether oxygens (including phenoxy) is 1. The lowest BCUT2D eigenvalue weighted by Crippen LogP contribution is -2.30. The van der Waals surface area contributed by atoms with Gasteiger partial charge in [-0.15, -0.1) is 0 Å². The first-order valence-corrected chi connectivity index (χ1v) is 9.86. The third-order valence-electron chi connectivity index (χ3n) is 4.25. The Bertz CT molecular complexity index is 941. The van der Waals surface area contributed by atoms with Gasteiger partial charge >= 0.3 is 0 Å². The molecule has 2 aromatic heterocycles. The number of amides is 1. The molecule has 0 saturated carbocycles. The summed E-state index contributed by atoms with van der Waals surface area (Å²) in [6.45, 7) is 9.19. The number of imidazole rings is 1. The van der Waals surface area contributed by atoms with Crippen LogP contribution in [0, 0.1) is 13.8 Å². The van der Waals surface area contributed by atoms with Crippen LogP contribution in [0.1, 0.15) is 34.8 Å². The summed E-state index contributed by atoms with van der Waals surface area (Å²) in [7, 11) is 1.68. The monoisotopic (exact) mass is 386 g/mol. The Hall–Kier alpha value is -2.38. The number of carbonyl (C=O) groups excluding carboxylic acids is 1. The van der Waals surface area contributed by atoms with Crippen LogP contribution in [-0.4, -0.2) is 41.6 Å². The molecule has 0 fully saturated rings. The maximum atomic E-state index is 12.5. The predicted molar refractivity (Wildman–Crippen MR) is 111 cm³/mol. The SMILES string of the molecule is COCCNc1c(-c2ccc(C)cc2)nc2sc(C(=O)NC(C)C)c(C)n12. The molecule has 1 amide bonds. The van der Waals surface area contributed by atoms with E-state index in [1.54, 1.807) is 7.11 Å². The van der Waals surface area contributed by atoms with Crippen molar-refractivity contribution in [2.75, 3.05) is 25.6 Å². The van der Waals surface area contributed by atoms with E-state index >= 15 is 0 Å². The Morgan fingerprint density at radius 1 is 1.26 bits per heavy atom. The van der Waals surface area contributed by atoms with Gasteiger partial charge in [0, 0.05) is 31.0 Å². The maximum absolute atomic E-state index is 12.5. The zero-order valence-corrected chi connectivity index (χ0v) is 17.2. The molecule has 1 aromatic carbocycles. The van der Waals surface area contributed by atoms with Crippen LogP contribution < -0.4 is 10.6 Å². The lowest BCUT2D eigenvalue weighted by atomic mass is 10.1.